The number of fused-ring (bicyclic) bond motifs is 1. The Morgan fingerprint density at radius 1 is 1.08 bits per heavy atom. The number of methoxy groups -OCH3 is 1. The van der Waals surface area contributed by atoms with Crippen LogP contribution in [0.5, 0.6) is 5.88 Å². The zero-order chi connectivity index (χ0) is 25.9. The summed E-state index contributed by atoms with van der Waals surface area (Å²) < 4.78 is 6.98. The third-order valence-electron chi connectivity index (χ3n) is 6.07. The molecule has 0 spiro atoms. The fraction of sp³-hybridized carbons (Fsp3) is 0.107. The van der Waals surface area contributed by atoms with Gasteiger partial charge in [0, 0.05) is 23.6 Å². The van der Waals surface area contributed by atoms with Crippen molar-refractivity contribution in [3.05, 3.63) is 101 Å². The van der Waals surface area contributed by atoms with Gasteiger partial charge in [0.25, 0.3) is 5.56 Å². The van der Waals surface area contributed by atoms with E-state index in [2.05, 4.69) is 26.3 Å². The van der Waals surface area contributed by atoms with Gasteiger partial charge in [-0.1, -0.05) is 36.4 Å². The molecule has 0 amide bonds. The summed E-state index contributed by atoms with van der Waals surface area (Å²) in [7, 11) is 1.56. The van der Waals surface area contributed by atoms with E-state index >= 15 is 0 Å². The minimum Gasteiger partial charge on any atom is -0.481 e. The SMILES string of the molecule is COc1cc(-c2cccc3cc([C@@H](C)Nc4nc(N)ncc4C#N)n(-c4ccccc4)c(=O)c23)ccn1. The number of anilines is 2. The summed E-state index contributed by atoms with van der Waals surface area (Å²) in [6.45, 7) is 1.90. The number of pyridine rings is 2. The quantitative estimate of drug-likeness (QED) is 0.357. The Balaban J connectivity index is 1.74. The normalized spacial score (nSPS) is 11.6. The largest absolute Gasteiger partial charge is 0.481 e. The topological polar surface area (TPSA) is 132 Å². The Hall–Kier alpha value is -5.23. The van der Waals surface area contributed by atoms with Crippen molar-refractivity contribution in [3.8, 4) is 28.8 Å². The molecule has 182 valence electrons. The Kier molecular flexibility index (Phi) is 6.22. The van der Waals surface area contributed by atoms with Gasteiger partial charge in [-0.25, -0.2) is 9.97 Å². The number of nitrogen functional groups attached to an aromatic ring is 1. The predicted octanol–water partition coefficient (Wildman–Crippen LogP) is 4.48. The Bertz CT molecular complexity index is 1710. The van der Waals surface area contributed by atoms with Crippen LogP contribution < -0.4 is 21.3 Å². The van der Waals surface area contributed by atoms with Crippen LogP contribution in [-0.4, -0.2) is 26.6 Å². The van der Waals surface area contributed by atoms with Gasteiger partial charge in [-0.15, -0.1) is 0 Å². The Labute approximate surface area is 212 Å². The van der Waals surface area contributed by atoms with Gasteiger partial charge in [-0.2, -0.15) is 10.2 Å². The van der Waals surface area contributed by atoms with Crippen LogP contribution in [0.1, 0.15) is 24.2 Å². The monoisotopic (exact) mass is 489 g/mol. The molecule has 0 aliphatic heterocycles. The van der Waals surface area contributed by atoms with E-state index in [4.69, 9.17) is 10.5 Å². The minimum absolute atomic E-state index is 0.0464. The average Bonchev–Trinajstić information content (AvgIpc) is 2.93. The lowest BCUT2D eigenvalue weighted by Gasteiger charge is -2.22. The van der Waals surface area contributed by atoms with Crippen molar-refractivity contribution in [2.75, 3.05) is 18.2 Å². The van der Waals surface area contributed by atoms with Crippen molar-refractivity contribution < 1.29 is 4.74 Å². The Morgan fingerprint density at radius 2 is 1.89 bits per heavy atom. The van der Waals surface area contributed by atoms with Gasteiger partial charge >= 0.3 is 0 Å². The number of hydrogen-bond acceptors (Lipinski definition) is 8. The van der Waals surface area contributed by atoms with Gasteiger partial charge in [0.15, 0.2) is 0 Å². The van der Waals surface area contributed by atoms with Crippen molar-refractivity contribution in [2.45, 2.75) is 13.0 Å². The van der Waals surface area contributed by atoms with E-state index in [1.165, 1.54) is 6.20 Å². The lowest BCUT2D eigenvalue weighted by atomic mass is 9.98. The summed E-state index contributed by atoms with van der Waals surface area (Å²) in [6, 6.07) is 22.5. The molecule has 37 heavy (non-hydrogen) atoms. The molecule has 5 rings (SSSR count). The summed E-state index contributed by atoms with van der Waals surface area (Å²) in [5.41, 5.74) is 8.84. The second kappa shape index (κ2) is 9.79. The van der Waals surface area contributed by atoms with Gasteiger partial charge in [0.05, 0.1) is 24.7 Å². The molecule has 0 radical (unpaired) electrons. The standard InChI is InChI=1S/C28H23N7O2/c1-17(33-26-20(15-29)16-32-28(30)34-26)23-13-19-7-6-10-22(18-11-12-31-24(14-18)37-2)25(19)27(36)35(23)21-8-4-3-5-9-21/h3-14,16-17H,1-2H3,(H3,30,32,33,34)/t17-/m1/s1. The highest BCUT2D eigenvalue weighted by Crippen LogP contribution is 2.31. The summed E-state index contributed by atoms with van der Waals surface area (Å²) in [5, 5.41) is 14.1. The molecule has 0 aliphatic carbocycles. The van der Waals surface area contributed by atoms with Crippen LogP contribution >= 0.6 is 0 Å². The highest BCUT2D eigenvalue weighted by atomic mass is 16.5. The second-order valence-electron chi connectivity index (χ2n) is 8.37. The number of benzene rings is 2. The molecule has 5 aromatic rings. The van der Waals surface area contributed by atoms with Crippen LogP contribution in [0, 0.1) is 11.3 Å². The molecule has 3 N–H and O–H groups in total. The first-order valence-corrected chi connectivity index (χ1v) is 11.5. The lowest BCUT2D eigenvalue weighted by Crippen LogP contribution is -2.26. The number of nitrogens with two attached hydrogens (primary N) is 1. The molecular formula is C28H23N7O2. The van der Waals surface area contributed by atoms with Gasteiger partial charge in [0.2, 0.25) is 11.8 Å². The van der Waals surface area contributed by atoms with E-state index in [1.54, 1.807) is 17.9 Å². The van der Waals surface area contributed by atoms with Crippen LogP contribution in [0.25, 0.3) is 27.6 Å². The third-order valence-corrected chi connectivity index (χ3v) is 6.07. The summed E-state index contributed by atoms with van der Waals surface area (Å²) in [5.74, 6) is 0.808. The fourth-order valence-corrected chi connectivity index (χ4v) is 4.34. The molecule has 0 unspecified atom stereocenters. The first-order chi connectivity index (χ1) is 18.0. The first kappa shape index (κ1) is 23.5. The zero-order valence-corrected chi connectivity index (χ0v) is 20.2. The number of nitrogens with zero attached hydrogens (tertiary/aromatic N) is 5. The van der Waals surface area contributed by atoms with E-state index in [9.17, 15) is 10.1 Å². The van der Waals surface area contributed by atoms with Gasteiger partial charge in [-0.05, 0) is 47.7 Å². The molecule has 0 aliphatic rings. The number of ether oxygens (including phenoxy) is 1. The van der Waals surface area contributed by atoms with Crippen molar-refractivity contribution in [3.63, 3.8) is 0 Å². The number of nitrogens with one attached hydrogen (secondary N) is 1. The summed E-state index contributed by atoms with van der Waals surface area (Å²) >= 11 is 0. The highest BCUT2D eigenvalue weighted by Gasteiger charge is 2.20. The van der Waals surface area contributed by atoms with Crippen molar-refractivity contribution in [1.82, 2.24) is 19.5 Å². The number of aromatic nitrogens is 4. The predicted molar refractivity (Wildman–Crippen MR) is 143 cm³/mol. The second-order valence-corrected chi connectivity index (χ2v) is 8.37. The molecular weight excluding hydrogens is 466 g/mol. The van der Waals surface area contributed by atoms with Crippen LogP contribution in [0.2, 0.25) is 0 Å². The van der Waals surface area contributed by atoms with Crippen LogP contribution in [0.15, 0.2) is 83.9 Å². The molecule has 2 aromatic carbocycles. The minimum atomic E-state index is -0.414. The molecule has 0 fully saturated rings. The molecule has 9 nitrogen and oxygen atoms in total. The van der Waals surface area contributed by atoms with E-state index in [0.717, 1.165) is 16.5 Å². The average molecular weight is 490 g/mol. The van der Waals surface area contributed by atoms with Crippen molar-refractivity contribution in [2.24, 2.45) is 0 Å². The van der Waals surface area contributed by atoms with Crippen LogP contribution in [0.4, 0.5) is 11.8 Å². The third kappa shape index (κ3) is 4.44. The van der Waals surface area contributed by atoms with Gasteiger partial charge < -0.3 is 15.8 Å². The number of rotatable bonds is 6. The summed E-state index contributed by atoms with van der Waals surface area (Å²) in [6.07, 6.45) is 3.03. The molecule has 0 saturated carbocycles. The maximum Gasteiger partial charge on any atom is 0.263 e. The molecule has 1 atom stereocenters. The Morgan fingerprint density at radius 3 is 2.65 bits per heavy atom. The van der Waals surface area contributed by atoms with E-state index in [-0.39, 0.29) is 17.1 Å². The maximum absolute atomic E-state index is 14.2. The number of para-hydroxylation sites is 1. The van der Waals surface area contributed by atoms with Crippen molar-refractivity contribution in [1.29, 1.82) is 5.26 Å². The van der Waals surface area contributed by atoms with Gasteiger partial charge in [0.1, 0.15) is 17.5 Å². The number of hydrogen-bond donors (Lipinski definition) is 2. The van der Waals surface area contributed by atoms with E-state index in [1.807, 2.05) is 73.7 Å². The van der Waals surface area contributed by atoms with Crippen LogP contribution in [0.3, 0.4) is 0 Å². The van der Waals surface area contributed by atoms with Crippen molar-refractivity contribution >= 4 is 22.5 Å². The first-order valence-electron chi connectivity index (χ1n) is 11.5. The molecule has 0 bridgehead atoms. The highest BCUT2D eigenvalue weighted by molar-refractivity contribution is 5.96. The smallest absolute Gasteiger partial charge is 0.263 e. The van der Waals surface area contributed by atoms with E-state index < -0.39 is 6.04 Å². The zero-order valence-electron chi connectivity index (χ0n) is 20.2. The van der Waals surface area contributed by atoms with E-state index in [0.29, 0.717) is 28.5 Å². The molecule has 0 saturated heterocycles. The molecule has 3 aromatic heterocycles. The maximum atomic E-state index is 14.2. The van der Waals surface area contributed by atoms with Crippen LogP contribution in [-0.2, 0) is 0 Å². The number of nitriles is 1. The fourth-order valence-electron chi connectivity index (χ4n) is 4.34. The molecule has 3 heterocycles. The summed E-state index contributed by atoms with van der Waals surface area (Å²) in [4.78, 5) is 26.5. The molecule has 9 heteroatoms. The van der Waals surface area contributed by atoms with Gasteiger partial charge in [-0.3, -0.25) is 9.36 Å². The lowest BCUT2D eigenvalue weighted by molar-refractivity contribution is 0.398.